The molecule has 0 N–H and O–H groups in total. The topological polar surface area (TPSA) is 69.9 Å². The summed E-state index contributed by atoms with van der Waals surface area (Å²) in [6.45, 7) is 3.61. The lowest BCUT2D eigenvalue weighted by Gasteiger charge is -2.11. The first-order valence-corrected chi connectivity index (χ1v) is 9.26. The molecule has 4 aromatic rings. The number of thiazole rings is 1. The van der Waals surface area contributed by atoms with Gasteiger partial charge in [-0.1, -0.05) is 35.6 Å². The van der Waals surface area contributed by atoms with E-state index in [-0.39, 0.29) is 5.56 Å². The molecule has 2 aromatic heterocycles. The van der Waals surface area contributed by atoms with E-state index in [2.05, 4.69) is 4.98 Å². The first-order chi connectivity index (χ1) is 13.1. The number of rotatable bonds is 4. The largest absolute Gasteiger partial charge is 0.490 e. The number of benzene rings is 2. The predicted molar refractivity (Wildman–Crippen MR) is 105 cm³/mol. The van der Waals surface area contributed by atoms with Gasteiger partial charge in [0, 0.05) is 12.5 Å². The van der Waals surface area contributed by atoms with Crippen LogP contribution >= 0.6 is 11.3 Å². The van der Waals surface area contributed by atoms with E-state index in [1.165, 1.54) is 18.3 Å². The molecule has 0 atom stereocenters. The average Bonchev–Trinajstić information content (AvgIpc) is 3.14. The van der Waals surface area contributed by atoms with E-state index in [9.17, 15) is 9.59 Å². The van der Waals surface area contributed by atoms with Crippen molar-refractivity contribution < 1.29 is 14.3 Å². The van der Waals surface area contributed by atoms with Crippen molar-refractivity contribution in [3.8, 4) is 11.5 Å². The number of aromatic nitrogens is 2. The second-order valence-corrected chi connectivity index (χ2v) is 6.84. The predicted octanol–water partition coefficient (Wildman–Crippen LogP) is 2.78. The van der Waals surface area contributed by atoms with Crippen LogP contribution in [0.5, 0.6) is 11.5 Å². The van der Waals surface area contributed by atoms with Gasteiger partial charge in [-0.05, 0) is 31.2 Å². The summed E-state index contributed by atoms with van der Waals surface area (Å²) in [7, 11) is 0. The first-order valence-electron chi connectivity index (χ1n) is 8.44. The fourth-order valence-electron chi connectivity index (χ4n) is 2.92. The Kier molecular flexibility index (Phi) is 4.37. The highest BCUT2D eigenvalue weighted by Gasteiger charge is 2.14. The van der Waals surface area contributed by atoms with Crippen molar-refractivity contribution in [2.24, 2.45) is 0 Å². The van der Waals surface area contributed by atoms with Crippen LogP contribution in [0.3, 0.4) is 0 Å². The summed E-state index contributed by atoms with van der Waals surface area (Å²) in [5, 5.41) is 0. The van der Waals surface area contributed by atoms with Crippen molar-refractivity contribution in [3.05, 3.63) is 62.9 Å². The van der Waals surface area contributed by atoms with E-state index < -0.39 is 5.97 Å². The van der Waals surface area contributed by atoms with Gasteiger partial charge in [-0.15, -0.1) is 0 Å². The molecule has 0 amide bonds. The molecule has 0 fully saturated rings. The summed E-state index contributed by atoms with van der Waals surface area (Å²) in [4.78, 5) is 29.6. The molecule has 0 saturated carbocycles. The lowest BCUT2D eigenvalue weighted by Crippen LogP contribution is -2.22. The molecule has 0 aliphatic carbocycles. The number of carbonyl (C=O) groups excluding carboxylic acids is 1. The number of fused-ring (bicyclic) bond motifs is 3. The summed E-state index contributed by atoms with van der Waals surface area (Å²) in [6.07, 6.45) is 1.71. The van der Waals surface area contributed by atoms with Crippen LogP contribution < -0.4 is 19.6 Å². The van der Waals surface area contributed by atoms with Crippen LogP contribution in [0.1, 0.15) is 19.4 Å². The minimum absolute atomic E-state index is 0.153. The van der Waals surface area contributed by atoms with Gasteiger partial charge in [-0.3, -0.25) is 9.59 Å². The van der Waals surface area contributed by atoms with Crippen LogP contribution in [0.4, 0.5) is 0 Å². The summed E-state index contributed by atoms with van der Waals surface area (Å²) in [5.41, 5.74) is 2.00. The molecule has 6 nitrogen and oxygen atoms in total. The van der Waals surface area contributed by atoms with Gasteiger partial charge in [0.15, 0.2) is 16.5 Å². The van der Waals surface area contributed by atoms with Gasteiger partial charge in [0.25, 0.3) is 5.56 Å². The average molecular weight is 380 g/mol. The highest BCUT2D eigenvalue weighted by atomic mass is 32.1. The van der Waals surface area contributed by atoms with Crippen LogP contribution in [0.2, 0.25) is 0 Å². The maximum Gasteiger partial charge on any atom is 0.308 e. The number of ether oxygens (including phenoxy) is 2. The van der Waals surface area contributed by atoms with Crippen LogP contribution in [-0.2, 0) is 4.79 Å². The molecular formula is C20H16N2O4S. The van der Waals surface area contributed by atoms with Gasteiger partial charge >= 0.3 is 5.97 Å². The Morgan fingerprint density at radius 2 is 2.04 bits per heavy atom. The Bertz CT molecular complexity index is 1270. The summed E-state index contributed by atoms with van der Waals surface area (Å²) >= 11 is 1.29. The zero-order valence-electron chi connectivity index (χ0n) is 14.8. The molecule has 2 aromatic carbocycles. The monoisotopic (exact) mass is 380 g/mol. The standard InChI is InChI=1S/C20H16N2O4S/c1-3-25-16-10-6-7-13(18(16)26-12(2)23)11-17-19(24)22-15-9-5-4-8-14(15)21-20(22)27-17/h4-11H,3H2,1-2H3. The number of carbonyl (C=O) groups is 1. The van der Waals surface area contributed by atoms with Crippen molar-refractivity contribution in [2.75, 3.05) is 6.61 Å². The third-order valence-corrected chi connectivity index (χ3v) is 4.96. The van der Waals surface area contributed by atoms with Gasteiger partial charge in [0.2, 0.25) is 0 Å². The SMILES string of the molecule is CCOc1cccc(C=c2sc3nc4ccccc4n3c2=O)c1OC(C)=O. The zero-order chi connectivity index (χ0) is 19.0. The van der Waals surface area contributed by atoms with E-state index in [1.807, 2.05) is 31.2 Å². The highest BCUT2D eigenvalue weighted by Crippen LogP contribution is 2.32. The Morgan fingerprint density at radius 3 is 2.81 bits per heavy atom. The Hall–Kier alpha value is -3.19. The lowest BCUT2D eigenvalue weighted by atomic mass is 10.1. The molecule has 136 valence electrons. The smallest absolute Gasteiger partial charge is 0.308 e. The number of hydrogen-bond acceptors (Lipinski definition) is 6. The number of hydrogen-bond donors (Lipinski definition) is 0. The molecule has 0 radical (unpaired) electrons. The number of esters is 1. The lowest BCUT2D eigenvalue weighted by molar-refractivity contribution is -0.132. The van der Waals surface area contributed by atoms with E-state index in [4.69, 9.17) is 9.47 Å². The van der Waals surface area contributed by atoms with E-state index >= 15 is 0 Å². The summed E-state index contributed by atoms with van der Waals surface area (Å²) < 4.78 is 13.0. The van der Waals surface area contributed by atoms with Gasteiger partial charge in [-0.25, -0.2) is 9.38 Å². The van der Waals surface area contributed by atoms with E-state index in [0.29, 0.717) is 33.2 Å². The van der Waals surface area contributed by atoms with Gasteiger partial charge in [0.05, 0.1) is 22.2 Å². The third-order valence-electron chi connectivity index (χ3n) is 3.99. The highest BCUT2D eigenvalue weighted by molar-refractivity contribution is 7.15. The van der Waals surface area contributed by atoms with Gasteiger partial charge in [-0.2, -0.15) is 0 Å². The van der Waals surface area contributed by atoms with Gasteiger partial charge in [0.1, 0.15) is 0 Å². The van der Waals surface area contributed by atoms with Crippen molar-refractivity contribution >= 4 is 39.4 Å². The second kappa shape index (κ2) is 6.85. The second-order valence-electron chi connectivity index (χ2n) is 5.84. The minimum atomic E-state index is -0.453. The fourth-order valence-corrected chi connectivity index (χ4v) is 3.90. The first kappa shape index (κ1) is 17.2. The number of imidazole rings is 1. The van der Waals surface area contributed by atoms with Crippen molar-refractivity contribution in [3.63, 3.8) is 0 Å². The van der Waals surface area contributed by atoms with E-state index in [1.54, 1.807) is 28.7 Å². The zero-order valence-corrected chi connectivity index (χ0v) is 15.6. The molecule has 0 aliphatic heterocycles. The fraction of sp³-hybridized carbons (Fsp3) is 0.150. The molecule has 4 rings (SSSR count). The Balaban J connectivity index is 1.93. The third kappa shape index (κ3) is 3.06. The molecule has 0 aliphatic rings. The molecule has 7 heteroatoms. The number of nitrogens with zero attached hydrogens (tertiary/aromatic N) is 2. The molecular weight excluding hydrogens is 364 g/mol. The summed E-state index contributed by atoms with van der Waals surface area (Å²) in [5.74, 6) is 0.314. The number of para-hydroxylation sites is 3. The maximum atomic E-state index is 12.9. The Labute approximate surface area is 158 Å². The maximum absolute atomic E-state index is 12.9. The molecule has 0 saturated heterocycles. The van der Waals surface area contributed by atoms with Crippen molar-refractivity contribution in [1.29, 1.82) is 0 Å². The molecule has 2 heterocycles. The van der Waals surface area contributed by atoms with Crippen molar-refractivity contribution in [2.45, 2.75) is 13.8 Å². The normalized spacial score (nSPS) is 12.0. The molecule has 0 unspecified atom stereocenters. The molecule has 27 heavy (non-hydrogen) atoms. The van der Waals surface area contributed by atoms with Crippen LogP contribution in [-0.4, -0.2) is 22.0 Å². The minimum Gasteiger partial charge on any atom is -0.490 e. The van der Waals surface area contributed by atoms with Gasteiger partial charge < -0.3 is 9.47 Å². The molecule has 0 bridgehead atoms. The van der Waals surface area contributed by atoms with Crippen molar-refractivity contribution in [1.82, 2.24) is 9.38 Å². The Morgan fingerprint density at radius 1 is 1.22 bits per heavy atom. The van der Waals surface area contributed by atoms with Crippen LogP contribution in [0, 0.1) is 0 Å². The van der Waals surface area contributed by atoms with Crippen LogP contribution in [0.25, 0.3) is 22.1 Å². The quantitative estimate of drug-likeness (QED) is 0.402. The summed E-state index contributed by atoms with van der Waals surface area (Å²) in [6, 6.07) is 12.8. The van der Waals surface area contributed by atoms with Crippen LogP contribution in [0.15, 0.2) is 47.3 Å². The van der Waals surface area contributed by atoms with E-state index in [0.717, 1.165) is 11.0 Å². The molecule has 0 spiro atoms.